The molecule has 4 heteroatoms. The summed E-state index contributed by atoms with van der Waals surface area (Å²) in [5.41, 5.74) is 5.61. The highest BCUT2D eigenvalue weighted by Gasteiger charge is 2.25. The lowest BCUT2D eigenvalue weighted by molar-refractivity contribution is -0.135. The molecule has 0 spiro atoms. The first-order chi connectivity index (χ1) is 6.50. The molecule has 4 nitrogen and oxygen atoms in total. The first kappa shape index (κ1) is 11.5. The van der Waals surface area contributed by atoms with Gasteiger partial charge < -0.3 is 15.5 Å². The Hall–Kier alpha value is -0.610. The van der Waals surface area contributed by atoms with Gasteiger partial charge in [-0.05, 0) is 20.9 Å². The Balaban J connectivity index is 2.47. The molecule has 2 N–H and O–H groups in total. The van der Waals surface area contributed by atoms with Crippen molar-refractivity contribution in [1.82, 2.24) is 9.80 Å². The molecule has 0 bridgehead atoms. The van der Waals surface area contributed by atoms with Crippen LogP contribution in [-0.4, -0.2) is 54.5 Å². The van der Waals surface area contributed by atoms with Crippen LogP contribution >= 0.6 is 0 Å². The van der Waals surface area contributed by atoms with Gasteiger partial charge in [0.25, 0.3) is 0 Å². The van der Waals surface area contributed by atoms with E-state index in [9.17, 15) is 4.79 Å². The number of carbonyl (C=O) groups is 1. The van der Waals surface area contributed by atoms with Crippen molar-refractivity contribution in [3.05, 3.63) is 0 Å². The quantitative estimate of drug-likeness (QED) is 0.675. The predicted molar refractivity (Wildman–Crippen MR) is 56.9 cm³/mol. The number of nitrogens with two attached hydrogens (primary N) is 1. The Labute approximate surface area is 86.0 Å². The average molecular weight is 199 g/mol. The molecule has 14 heavy (non-hydrogen) atoms. The van der Waals surface area contributed by atoms with E-state index in [0.717, 1.165) is 19.6 Å². The molecule has 1 aliphatic heterocycles. The van der Waals surface area contributed by atoms with Crippen molar-refractivity contribution in [2.24, 2.45) is 5.73 Å². The third-order valence-electron chi connectivity index (χ3n) is 2.65. The van der Waals surface area contributed by atoms with Crippen molar-refractivity contribution in [2.75, 3.05) is 26.7 Å². The van der Waals surface area contributed by atoms with Crippen molar-refractivity contribution < 1.29 is 4.79 Å². The zero-order valence-corrected chi connectivity index (χ0v) is 9.36. The molecule has 0 aliphatic carbocycles. The van der Waals surface area contributed by atoms with Crippen LogP contribution in [0.2, 0.25) is 0 Å². The highest BCUT2D eigenvalue weighted by molar-refractivity contribution is 5.77. The summed E-state index contributed by atoms with van der Waals surface area (Å²) in [4.78, 5) is 16.0. The molecule has 0 radical (unpaired) electrons. The second-order valence-electron chi connectivity index (χ2n) is 4.38. The van der Waals surface area contributed by atoms with E-state index < -0.39 is 0 Å². The van der Waals surface area contributed by atoms with Crippen molar-refractivity contribution in [2.45, 2.75) is 32.4 Å². The fourth-order valence-corrected chi connectivity index (χ4v) is 1.90. The minimum atomic E-state index is -0.0330. The minimum absolute atomic E-state index is 0.0330. The van der Waals surface area contributed by atoms with Crippen molar-refractivity contribution >= 4 is 5.91 Å². The van der Waals surface area contributed by atoms with Gasteiger partial charge in [-0.2, -0.15) is 0 Å². The topological polar surface area (TPSA) is 49.6 Å². The predicted octanol–water partition coefficient (Wildman–Crippen LogP) is -0.114. The maximum atomic E-state index is 11.8. The maximum absolute atomic E-state index is 11.8. The molecule has 1 fully saturated rings. The van der Waals surface area contributed by atoms with Crippen LogP contribution in [0, 0.1) is 0 Å². The minimum Gasteiger partial charge on any atom is -0.337 e. The van der Waals surface area contributed by atoms with Gasteiger partial charge in [-0.15, -0.1) is 0 Å². The van der Waals surface area contributed by atoms with Crippen LogP contribution in [-0.2, 0) is 4.79 Å². The van der Waals surface area contributed by atoms with Crippen LogP contribution < -0.4 is 5.73 Å². The molecular weight excluding hydrogens is 178 g/mol. The zero-order valence-electron chi connectivity index (χ0n) is 9.36. The molecule has 1 heterocycles. The van der Waals surface area contributed by atoms with Gasteiger partial charge >= 0.3 is 0 Å². The molecule has 0 aromatic heterocycles. The van der Waals surface area contributed by atoms with Crippen molar-refractivity contribution in [3.8, 4) is 0 Å². The normalized spacial score (nSPS) is 26.3. The lowest BCUT2D eigenvalue weighted by Crippen LogP contribution is -2.53. The summed E-state index contributed by atoms with van der Waals surface area (Å²) in [5, 5.41) is 0. The summed E-state index contributed by atoms with van der Waals surface area (Å²) in [6.45, 7) is 6.73. The molecule has 1 aliphatic rings. The number of carbonyl (C=O) groups excluding carboxylic acids is 1. The van der Waals surface area contributed by atoms with Gasteiger partial charge in [0.1, 0.15) is 0 Å². The van der Waals surface area contributed by atoms with E-state index in [1.165, 1.54) is 0 Å². The largest absolute Gasteiger partial charge is 0.337 e. The van der Waals surface area contributed by atoms with Crippen LogP contribution in [0.5, 0.6) is 0 Å². The molecule has 1 amide bonds. The van der Waals surface area contributed by atoms with Crippen LogP contribution in [0.15, 0.2) is 0 Å². The van der Waals surface area contributed by atoms with Gasteiger partial charge in [0.15, 0.2) is 0 Å². The lowest BCUT2D eigenvalue weighted by Gasteiger charge is -2.38. The third kappa shape index (κ3) is 2.96. The molecule has 82 valence electrons. The number of amides is 1. The number of piperazine rings is 1. The standard InChI is InChI=1S/C10H21N3O/c1-8(11)6-10(14)13-5-4-12(3)7-9(13)2/h8-9H,4-7,11H2,1-3H3. The fourth-order valence-electron chi connectivity index (χ4n) is 1.90. The zero-order chi connectivity index (χ0) is 10.7. The molecule has 1 saturated heterocycles. The number of hydrogen-bond donors (Lipinski definition) is 1. The van der Waals surface area contributed by atoms with Crippen molar-refractivity contribution in [3.63, 3.8) is 0 Å². The Morgan fingerprint density at radius 2 is 2.21 bits per heavy atom. The van der Waals surface area contributed by atoms with Gasteiger partial charge in [-0.25, -0.2) is 0 Å². The summed E-state index contributed by atoms with van der Waals surface area (Å²) >= 11 is 0. The second kappa shape index (κ2) is 4.75. The Morgan fingerprint density at radius 3 is 2.71 bits per heavy atom. The van der Waals surface area contributed by atoms with E-state index in [4.69, 9.17) is 5.73 Å². The maximum Gasteiger partial charge on any atom is 0.224 e. The van der Waals surface area contributed by atoms with Crippen LogP contribution in [0.3, 0.4) is 0 Å². The van der Waals surface area contributed by atoms with Crippen LogP contribution in [0.1, 0.15) is 20.3 Å². The number of nitrogens with zero attached hydrogens (tertiary/aromatic N) is 2. The first-order valence-corrected chi connectivity index (χ1v) is 5.24. The Morgan fingerprint density at radius 1 is 1.57 bits per heavy atom. The number of rotatable bonds is 2. The number of hydrogen-bond acceptors (Lipinski definition) is 3. The smallest absolute Gasteiger partial charge is 0.224 e. The lowest BCUT2D eigenvalue weighted by atomic mass is 10.1. The monoisotopic (exact) mass is 199 g/mol. The Kier molecular flexibility index (Phi) is 3.89. The fraction of sp³-hybridized carbons (Fsp3) is 0.900. The number of likely N-dealkylation sites (N-methyl/N-ethyl adjacent to an activating group) is 1. The summed E-state index contributed by atoms with van der Waals surface area (Å²) in [6.07, 6.45) is 0.466. The van der Waals surface area contributed by atoms with E-state index in [-0.39, 0.29) is 11.9 Å². The summed E-state index contributed by atoms with van der Waals surface area (Å²) in [5.74, 6) is 0.195. The van der Waals surface area contributed by atoms with E-state index in [1.54, 1.807) is 0 Å². The molecular formula is C10H21N3O. The van der Waals surface area contributed by atoms with Gasteiger partial charge in [0.05, 0.1) is 0 Å². The van der Waals surface area contributed by atoms with E-state index in [2.05, 4.69) is 18.9 Å². The third-order valence-corrected chi connectivity index (χ3v) is 2.65. The summed E-state index contributed by atoms with van der Waals surface area (Å²) in [6, 6.07) is 0.286. The SMILES string of the molecule is CC(N)CC(=O)N1CCN(C)CC1C. The molecule has 2 unspecified atom stereocenters. The summed E-state index contributed by atoms with van der Waals surface area (Å²) in [7, 11) is 2.09. The van der Waals surface area contributed by atoms with Gasteiger partial charge in [-0.3, -0.25) is 4.79 Å². The van der Waals surface area contributed by atoms with E-state index >= 15 is 0 Å². The van der Waals surface area contributed by atoms with Gasteiger partial charge in [0, 0.05) is 38.1 Å². The van der Waals surface area contributed by atoms with E-state index in [1.807, 2.05) is 11.8 Å². The second-order valence-corrected chi connectivity index (χ2v) is 4.38. The summed E-state index contributed by atoms with van der Waals surface area (Å²) < 4.78 is 0. The molecule has 2 atom stereocenters. The molecule has 1 rings (SSSR count). The van der Waals surface area contributed by atoms with Crippen LogP contribution in [0.25, 0.3) is 0 Å². The highest BCUT2D eigenvalue weighted by Crippen LogP contribution is 2.09. The van der Waals surface area contributed by atoms with Gasteiger partial charge in [0.2, 0.25) is 5.91 Å². The molecule has 0 aromatic rings. The van der Waals surface area contributed by atoms with E-state index in [0.29, 0.717) is 12.5 Å². The highest BCUT2D eigenvalue weighted by atomic mass is 16.2. The van der Waals surface area contributed by atoms with Gasteiger partial charge in [-0.1, -0.05) is 0 Å². The van der Waals surface area contributed by atoms with Crippen molar-refractivity contribution in [1.29, 1.82) is 0 Å². The molecule has 0 aromatic carbocycles. The van der Waals surface area contributed by atoms with Crippen LogP contribution in [0.4, 0.5) is 0 Å². The average Bonchev–Trinajstić information content (AvgIpc) is 2.01. The Bertz CT molecular complexity index is 206. The molecule has 0 saturated carbocycles. The first-order valence-electron chi connectivity index (χ1n) is 5.24.